The minimum atomic E-state index is -1.70. The van der Waals surface area contributed by atoms with E-state index in [0.717, 1.165) is 6.04 Å². The van der Waals surface area contributed by atoms with E-state index in [1.165, 1.54) is 0 Å². The smallest absolute Gasteiger partial charge is 0.301 e. The van der Waals surface area contributed by atoms with Crippen LogP contribution in [-0.4, -0.2) is 21.8 Å². The fourth-order valence-corrected chi connectivity index (χ4v) is 1.44. The molecule has 0 aliphatic rings. The molecule has 0 radical (unpaired) electrons. The molecule has 0 bridgehead atoms. The van der Waals surface area contributed by atoms with Crippen LogP contribution >= 0.6 is 11.1 Å². The van der Waals surface area contributed by atoms with Crippen LogP contribution in [0.25, 0.3) is 0 Å². The third kappa shape index (κ3) is 2.13. The highest BCUT2D eigenvalue weighted by Gasteiger charge is 2.23. The summed E-state index contributed by atoms with van der Waals surface area (Å²) in [4.78, 5) is 6.14. The van der Waals surface area contributed by atoms with Gasteiger partial charge in [-0.3, -0.25) is 0 Å². The Balaban J connectivity index is 3.58. The average molecular weight is 153 g/mol. The van der Waals surface area contributed by atoms with Crippen molar-refractivity contribution < 1.29 is 0 Å². The van der Waals surface area contributed by atoms with Crippen molar-refractivity contribution in [1.29, 1.82) is 0 Å². The maximum absolute atomic E-state index is 6.01. The van der Waals surface area contributed by atoms with E-state index in [0.29, 0.717) is 0 Å². The summed E-state index contributed by atoms with van der Waals surface area (Å²) in [6.07, 6.45) is 0. The van der Waals surface area contributed by atoms with Gasteiger partial charge >= 0.3 is 7.71 Å². The van der Waals surface area contributed by atoms with Crippen LogP contribution in [0.4, 0.5) is 0 Å². The number of nitrogens with one attached hydrogen (secondary N) is 2. The van der Waals surface area contributed by atoms with Gasteiger partial charge in [0.05, 0.1) is 0 Å². The highest BCUT2D eigenvalue weighted by molar-refractivity contribution is 7.17. The van der Waals surface area contributed by atoms with Gasteiger partial charge in [-0.1, -0.05) is 6.92 Å². The molecule has 0 aliphatic carbocycles. The Morgan fingerprint density at radius 3 is 1.75 bits per heavy atom. The van der Waals surface area contributed by atoms with Crippen LogP contribution in [0.15, 0.2) is 0 Å². The first-order valence-electron chi connectivity index (χ1n) is 2.75. The van der Waals surface area contributed by atoms with Crippen LogP contribution in [0.1, 0.15) is 6.92 Å². The molecule has 0 rings (SSSR count). The van der Waals surface area contributed by atoms with E-state index in [1.54, 1.807) is 0 Å². The average Bonchev–Trinajstić information content (AvgIpc) is 1.87. The summed E-state index contributed by atoms with van der Waals surface area (Å²) >= 11 is 6.01. The monoisotopic (exact) mass is 152 g/mol. The van der Waals surface area contributed by atoms with Crippen LogP contribution in [-0.2, 0) is 0 Å². The van der Waals surface area contributed by atoms with Gasteiger partial charge in [-0.15, -0.1) is 11.1 Å². The SMILES string of the molecule is CC[Si](Cl)(NC)NC. The number of hydrogen-bond acceptors (Lipinski definition) is 2. The van der Waals surface area contributed by atoms with Crippen molar-refractivity contribution in [2.45, 2.75) is 13.0 Å². The van der Waals surface area contributed by atoms with E-state index in [1.807, 2.05) is 14.1 Å². The van der Waals surface area contributed by atoms with E-state index in [4.69, 9.17) is 11.1 Å². The molecule has 0 spiro atoms. The summed E-state index contributed by atoms with van der Waals surface area (Å²) < 4.78 is 0. The molecule has 0 aromatic heterocycles. The van der Waals surface area contributed by atoms with Crippen molar-refractivity contribution >= 4 is 18.8 Å². The first-order valence-corrected chi connectivity index (χ1v) is 5.97. The van der Waals surface area contributed by atoms with Gasteiger partial charge in [0, 0.05) is 0 Å². The zero-order chi connectivity index (χ0) is 6.62. The summed E-state index contributed by atoms with van der Waals surface area (Å²) in [5, 5.41) is 0. The molecule has 2 nitrogen and oxygen atoms in total. The van der Waals surface area contributed by atoms with E-state index in [-0.39, 0.29) is 0 Å². The topological polar surface area (TPSA) is 24.1 Å². The lowest BCUT2D eigenvalue weighted by Gasteiger charge is -2.19. The van der Waals surface area contributed by atoms with Gasteiger partial charge in [-0.25, -0.2) is 0 Å². The van der Waals surface area contributed by atoms with Gasteiger partial charge in [0.15, 0.2) is 0 Å². The summed E-state index contributed by atoms with van der Waals surface area (Å²) in [6.45, 7) is 2.08. The van der Waals surface area contributed by atoms with Gasteiger partial charge in [0.25, 0.3) is 0 Å². The molecule has 0 aromatic carbocycles. The lowest BCUT2D eigenvalue weighted by atomic mass is 11.0. The zero-order valence-corrected chi connectivity index (χ0v) is 7.34. The molecule has 50 valence electrons. The minimum Gasteiger partial charge on any atom is -0.316 e. The lowest BCUT2D eigenvalue weighted by Crippen LogP contribution is -2.54. The molecule has 0 amide bonds. The van der Waals surface area contributed by atoms with Crippen LogP contribution in [0.2, 0.25) is 6.04 Å². The largest absolute Gasteiger partial charge is 0.316 e. The quantitative estimate of drug-likeness (QED) is 0.458. The standard InChI is InChI=1S/C4H13ClN2Si/c1-4-8(5,6-2)7-3/h6-7H,4H2,1-3H3. The van der Waals surface area contributed by atoms with Crippen molar-refractivity contribution in [3.63, 3.8) is 0 Å². The molecule has 8 heavy (non-hydrogen) atoms. The molecular weight excluding hydrogens is 140 g/mol. The third-order valence-corrected chi connectivity index (χ3v) is 5.77. The molecule has 4 heteroatoms. The first-order chi connectivity index (χ1) is 3.68. The second kappa shape index (κ2) is 3.45. The molecule has 0 heterocycles. The molecule has 0 aliphatic heterocycles. The van der Waals surface area contributed by atoms with Gasteiger partial charge in [-0.2, -0.15) is 0 Å². The Labute approximate surface area is 56.5 Å². The van der Waals surface area contributed by atoms with Crippen LogP contribution < -0.4 is 9.96 Å². The number of halogens is 1. The molecule has 0 fully saturated rings. The van der Waals surface area contributed by atoms with Crippen molar-refractivity contribution in [2.75, 3.05) is 14.1 Å². The lowest BCUT2D eigenvalue weighted by molar-refractivity contribution is 1.03. The van der Waals surface area contributed by atoms with E-state index >= 15 is 0 Å². The molecular formula is C4H13ClN2Si. The molecule has 2 N–H and O–H groups in total. The van der Waals surface area contributed by atoms with Gasteiger partial charge in [-0.05, 0) is 20.1 Å². The zero-order valence-electron chi connectivity index (χ0n) is 5.59. The predicted molar refractivity (Wildman–Crippen MR) is 40.2 cm³/mol. The second-order valence-corrected chi connectivity index (χ2v) is 6.90. The Hall–Kier alpha value is 0.427. The normalized spacial score (nSPS) is 12.0. The molecule has 0 atom stereocenters. The van der Waals surface area contributed by atoms with Crippen LogP contribution in [0.5, 0.6) is 0 Å². The first kappa shape index (κ1) is 8.43. The Morgan fingerprint density at radius 1 is 1.38 bits per heavy atom. The molecule has 0 saturated heterocycles. The van der Waals surface area contributed by atoms with Gasteiger partial charge < -0.3 is 9.96 Å². The number of rotatable bonds is 3. The molecule has 0 saturated carbocycles. The van der Waals surface area contributed by atoms with E-state index in [9.17, 15) is 0 Å². The highest BCUT2D eigenvalue weighted by Crippen LogP contribution is 2.03. The van der Waals surface area contributed by atoms with Crippen molar-refractivity contribution in [3.05, 3.63) is 0 Å². The van der Waals surface area contributed by atoms with Crippen molar-refractivity contribution in [1.82, 2.24) is 9.96 Å². The van der Waals surface area contributed by atoms with Crippen molar-refractivity contribution in [3.8, 4) is 0 Å². The minimum absolute atomic E-state index is 1.00. The maximum atomic E-state index is 6.01. The summed E-state index contributed by atoms with van der Waals surface area (Å²) in [7, 11) is 2.08. The fraction of sp³-hybridized carbons (Fsp3) is 1.00. The van der Waals surface area contributed by atoms with E-state index < -0.39 is 7.71 Å². The highest BCUT2D eigenvalue weighted by atomic mass is 35.6. The molecule has 0 unspecified atom stereocenters. The van der Waals surface area contributed by atoms with Gasteiger partial charge in [0.1, 0.15) is 0 Å². The third-order valence-electron chi connectivity index (χ3n) is 1.28. The summed E-state index contributed by atoms with van der Waals surface area (Å²) in [5.41, 5.74) is 0. The summed E-state index contributed by atoms with van der Waals surface area (Å²) in [6, 6.07) is 1.00. The summed E-state index contributed by atoms with van der Waals surface area (Å²) in [5.74, 6) is 0. The fourth-order valence-electron chi connectivity index (χ4n) is 0.479. The van der Waals surface area contributed by atoms with Crippen molar-refractivity contribution in [2.24, 2.45) is 0 Å². The molecule has 0 aromatic rings. The maximum Gasteiger partial charge on any atom is 0.301 e. The predicted octanol–water partition coefficient (Wildman–Crippen LogP) is 0.623. The Bertz CT molecular complexity index is 56.8. The van der Waals surface area contributed by atoms with E-state index in [2.05, 4.69) is 16.9 Å². The van der Waals surface area contributed by atoms with Crippen LogP contribution in [0.3, 0.4) is 0 Å². The number of hydrogen-bond donors (Lipinski definition) is 2. The Morgan fingerprint density at radius 2 is 1.75 bits per heavy atom. The van der Waals surface area contributed by atoms with Crippen LogP contribution in [0, 0.1) is 0 Å². The second-order valence-electron chi connectivity index (χ2n) is 1.65. The van der Waals surface area contributed by atoms with Gasteiger partial charge in [0.2, 0.25) is 0 Å². The Kier molecular flexibility index (Phi) is 3.64.